The summed E-state index contributed by atoms with van der Waals surface area (Å²) in [7, 11) is -3.67. The van der Waals surface area contributed by atoms with Crippen LogP contribution in [0.25, 0.3) is 0 Å². The van der Waals surface area contributed by atoms with Crippen LogP contribution in [0.15, 0.2) is 29.2 Å². The first-order valence-corrected chi connectivity index (χ1v) is 8.46. The lowest BCUT2D eigenvalue weighted by Crippen LogP contribution is -2.27. The molecule has 1 fully saturated rings. The van der Waals surface area contributed by atoms with Gasteiger partial charge in [0, 0.05) is 26.2 Å². The molecule has 0 unspecified atom stereocenters. The van der Waals surface area contributed by atoms with Crippen LogP contribution >= 0.6 is 0 Å². The summed E-state index contributed by atoms with van der Waals surface area (Å²) in [5.41, 5.74) is 0.836. The third kappa shape index (κ3) is 5.11. The molecule has 3 N–H and O–H groups in total. The van der Waals surface area contributed by atoms with Gasteiger partial charge in [0.15, 0.2) is 0 Å². The molecule has 1 amide bonds. The number of ether oxygens (including phenoxy) is 1. The number of benzene rings is 1. The van der Waals surface area contributed by atoms with Crippen molar-refractivity contribution in [1.29, 1.82) is 0 Å². The Labute approximate surface area is 124 Å². The van der Waals surface area contributed by atoms with Crippen molar-refractivity contribution in [1.82, 2.24) is 5.32 Å². The van der Waals surface area contributed by atoms with Gasteiger partial charge in [0.2, 0.25) is 15.9 Å². The van der Waals surface area contributed by atoms with E-state index in [0.717, 1.165) is 31.6 Å². The minimum atomic E-state index is -3.67. The number of sulfonamides is 1. The zero-order valence-corrected chi connectivity index (χ0v) is 12.6. The highest BCUT2D eigenvalue weighted by molar-refractivity contribution is 7.89. The zero-order valence-electron chi connectivity index (χ0n) is 11.7. The van der Waals surface area contributed by atoms with Crippen LogP contribution in [0.5, 0.6) is 0 Å². The van der Waals surface area contributed by atoms with Crippen LogP contribution < -0.4 is 10.5 Å². The fraction of sp³-hybridized carbons (Fsp3) is 0.500. The minimum absolute atomic E-state index is 0.0115. The van der Waals surface area contributed by atoms with Crippen LogP contribution in [0.3, 0.4) is 0 Å². The molecule has 0 aliphatic carbocycles. The zero-order chi connectivity index (χ0) is 15.3. The lowest BCUT2D eigenvalue weighted by atomic mass is 9.96. The first-order valence-electron chi connectivity index (χ1n) is 6.91. The van der Waals surface area contributed by atoms with Crippen molar-refractivity contribution in [3.8, 4) is 0 Å². The van der Waals surface area contributed by atoms with E-state index >= 15 is 0 Å². The van der Waals surface area contributed by atoms with Gasteiger partial charge in [-0.05, 0) is 36.5 Å². The van der Waals surface area contributed by atoms with Crippen molar-refractivity contribution in [2.75, 3.05) is 13.2 Å². The van der Waals surface area contributed by atoms with Crippen LogP contribution in [0, 0.1) is 5.92 Å². The highest BCUT2D eigenvalue weighted by Crippen LogP contribution is 2.18. The van der Waals surface area contributed by atoms with E-state index in [-0.39, 0.29) is 10.8 Å². The number of nitrogens with two attached hydrogens (primary N) is 1. The Balaban J connectivity index is 1.81. The van der Waals surface area contributed by atoms with E-state index in [1.54, 1.807) is 12.1 Å². The summed E-state index contributed by atoms with van der Waals surface area (Å²) in [6.45, 7) is 1.84. The predicted octanol–water partition coefficient (Wildman–Crippen LogP) is 0.767. The summed E-state index contributed by atoms with van der Waals surface area (Å²) >= 11 is 0. The second-order valence-electron chi connectivity index (χ2n) is 5.23. The predicted molar refractivity (Wildman–Crippen MR) is 77.8 cm³/mol. The number of nitrogens with one attached hydrogen (secondary N) is 1. The Hall–Kier alpha value is -1.44. The summed E-state index contributed by atoms with van der Waals surface area (Å²) < 4.78 is 27.5. The number of primary sulfonamides is 1. The largest absolute Gasteiger partial charge is 0.381 e. The molecule has 1 saturated heterocycles. The van der Waals surface area contributed by atoms with Crippen molar-refractivity contribution in [2.24, 2.45) is 11.1 Å². The van der Waals surface area contributed by atoms with Gasteiger partial charge in [0.05, 0.1) is 4.90 Å². The van der Waals surface area contributed by atoms with Gasteiger partial charge < -0.3 is 10.1 Å². The fourth-order valence-electron chi connectivity index (χ4n) is 2.28. The molecule has 0 bridgehead atoms. The Morgan fingerprint density at radius 1 is 1.24 bits per heavy atom. The molecule has 0 atom stereocenters. The van der Waals surface area contributed by atoms with E-state index < -0.39 is 10.0 Å². The Morgan fingerprint density at radius 2 is 1.86 bits per heavy atom. The van der Waals surface area contributed by atoms with Crippen molar-refractivity contribution in [3.05, 3.63) is 29.8 Å². The summed E-state index contributed by atoms with van der Waals surface area (Å²) in [6, 6.07) is 6.17. The van der Waals surface area contributed by atoms with E-state index in [1.807, 2.05) is 0 Å². The van der Waals surface area contributed by atoms with Gasteiger partial charge in [-0.3, -0.25) is 4.79 Å². The van der Waals surface area contributed by atoms with E-state index in [4.69, 9.17) is 9.88 Å². The van der Waals surface area contributed by atoms with Crippen LogP contribution in [0.1, 0.15) is 24.8 Å². The summed E-state index contributed by atoms with van der Waals surface area (Å²) in [5, 5.41) is 7.87. The Kier molecular flexibility index (Phi) is 5.33. The molecule has 2 rings (SSSR count). The van der Waals surface area contributed by atoms with Gasteiger partial charge >= 0.3 is 0 Å². The molecule has 1 aromatic carbocycles. The average Bonchev–Trinajstić information content (AvgIpc) is 2.46. The van der Waals surface area contributed by atoms with Crippen molar-refractivity contribution >= 4 is 15.9 Å². The molecule has 1 aromatic rings. The van der Waals surface area contributed by atoms with E-state index in [9.17, 15) is 13.2 Å². The maximum absolute atomic E-state index is 11.8. The Morgan fingerprint density at radius 3 is 2.43 bits per heavy atom. The Bertz CT molecular complexity index is 577. The molecule has 6 nitrogen and oxygen atoms in total. The molecular weight excluding hydrogens is 292 g/mol. The molecule has 21 heavy (non-hydrogen) atoms. The molecule has 1 heterocycles. The monoisotopic (exact) mass is 312 g/mol. The number of amides is 1. The first-order chi connectivity index (χ1) is 9.95. The standard InChI is InChI=1S/C14H20N2O4S/c15-21(18,19)13-3-1-12(2-4-13)10-16-14(17)9-11-5-7-20-8-6-11/h1-4,11H,5-10H2,(H,16,17)(H2,15,18,19). The van der Waals surface area contributed by atoms with Crippen LogP contribution in [-0.4, -0.2) is 27.5 Å². The van der Waals surface area contributed by atoms with Crippen LogP contribution in [0.2, 0.25) is 0 Å². The molecule has 0 saturated carbocycles. The van der Waals surface area contributed by atoms with Crippen LogP contribution in [0.4, 0.5) is 0 Å². The van der Waals surface area contributed by atoms with Gasteiger partial charge in [0.1, 0.15) is 0 Å². The fourth-order valence-corrected chi connectivity index (χ4v) is 2.80. The third-order valence-electron chi connectivity index (χ3n) is 3.56. The first kappa shape index (κ1) is 15.9. The molecule has 7 heteroatoms. The normalized spacial score (nSPS) is 16.6. The molecule has 116 valence electrons. The topological polar surface area (TPSA) is 98.5 Å². The minimum Gasteiger partial charge on any atom is -0.381 e. The summed E-state index contributed by atoms with van der Waals surface area (Å²) in [6.07, 6.45) is 2.37. The number of carbonyl (C=O) groups excluding carboxylic acids is 1. The van der Waals surface area contributed by atoms with Crippen molar-refractivity contribution in [2.45, 2.75) is 30.7 Å². The smallest absolute Gasteiger partial charge is 0.238 e. The highest BCUT2D eigenvalue weighted by Gasteiger charge is 2.17. The molecule has 1 aliphatic heterocycles. The van der Waals surface area contributed by atoms with Gasteiger partial charge in [0.25, 0.3) is 0 Å². The van der Waals surface area contributed by atoms with E-state index in [1.165, 1.54) is 12.1 Å². The van der Waals surface area contributed by atoms with Gasteiger partial charge in [-0.15, -0.1) is 0 Å². The quantitative estimate of drug-likeness (QED) is 0.839. The SMILES string of the molecule is NS(=O)(=O)c1ccc(CNC(=O)CC2CCOCC2)cc1. The van der Waals surface area contributed by atoms with Gasteiger partial charge in [-0.2, -0.15) is 0 Å². The second kappa shape index (κ2) is 7.02. The average molecular weight is 312 g/mol. The van der Waals surface area contributed by atoms with Gasteiger partial charge in [-0.25, -0.2) is 13.6 Å². The van der Waals surface area contributed by atoms with Crippen molar-refractivity contribution in [3.63, 3.8) is 0 Å². The molecule has 0 aromatic heterocycles. The number of hydrogen-bond acceptors (Lipinski definition) is 4. The van der Waals surface area contributed by atoms with E-state index in [0.29, 0.717) is 18.9 Å². The van der Waals surface area contributed by atoms with Crippen LogP contribution in [-0.2, 0) is 26.1 Å². The maximum atomic E-state index is 11.8. The van der Waals surface area contributed by atoms with Gasteiger partial charge in [-0.1, -0.05) is 12.1 Å². The third-order valence-corrected chi connectivity index (χ3v) is 4.49. The lowest BCUT2D eigenvalue weighted by molar-refractivity contribution is -0.122. The lowest BCUT2D eigenvalue weighted by Gasteiger charge is -2.21. The molecular formula is C14H20N2O4S. The summed E-state index contributed by atoms with van der Waals surface area (Å²) in [5.74, 6) is 0.404. The maximum Gasteiger partial charge on any atom is 0.238 e. The van der Waals surface area contributed by atoms with E-state index in [2.05, 4.69) is 5.32 Å². The number of hydrogen-bond donors (Lipinski definition) is 2. The summed E-state index contributed by atoms with van der Waals surface area (Å²) in [4.78, 5) is 11.9. The number of carbonyl (C=O) groups is 1. The number of rotatable bonds is 5. The van der Waals surface area contributed by atoms with Crippen molar-refractivity contribution < 1.29 is 17.9 Å². The highest BCUT2D eigenvalue weighted by atomic mass is 32.2. The second-order valence-corrected chi connectivity index (χ2v) is 6.79. The molecule has 1 aliphatic rings. The molecule has 0 radical (unpaired) electrons. The molecule has 0 spiro atoms.